The number of aryl methyl sites for hydroxylation is 1. The van der Waals surface area contributed by atoms with Crippen LogP contribution in [0.3, 0.4) is 0 Å². The van der Waals surface area contributed by atoms with Gasteiger partial charge in [0.15, 0.2) is 5.76 Å². The van der Waals surface area contributed by atoms with Crippen LogP contribution in [0.2, 0.25) is 0 Å². The molecule has 1 aromatic heterocycles. The molecule has 0 fully saturated rings. The maximum atomic E-state index is 11.9. The van der Waals surface area contributed by atoms with Gasteiger partial charge in [0.05, 0.1) is 0 Å². The summed E-state index contributed by atoms with van der Waals surface area (Å²) in [5.41, 5.74) is 0. The molecule has 118 valence electrons. The lowest BCUT2D eigenvalue weighted by Gasteiger charge is -2.15. The lowest BCUT2D eigenvalue weighted by Crippen LogP contribution is -2.25. The molecule has 0 aromatic carbocycles. The first-order chi connectivity index (χ1) is 10.1. The van der Waals surface area contributed by atoms with E-state index in [1.807, 2.05) is 13.0 Å². The Morgan fingerprint density at radius 3 is 2.57 bits per heavy atom. The number of carboxylic acids is 1. The summed E-state index contributed by atoms with van der Waals surface area (Å²) in [7, 11) is 0. The zero-order chi connectivity index (χ0) is 15.7. The third-order valence-electron chi connectivity index (χ3n) is 3.54. The van der Waals surface area contributed by atoms with Gasteiger partial charge in [0.2, 0.25) is 0 Å². The molecule has 5 heteroatoms. The lowest BCUT2D eigenvalue weighted by atomic mass is 9.94. The number of rotatable bonds is 10. The SMILES string of the molecule is CCCC(CCNC(=O)c1ccc(CC)o1)CCC(=O)O. The highest BCUT2D eigenvalue weighted by atomic mass is 16.4. The highest BCUT2D eigenvalue weighted by molar-refractivity contribution is 5.91. The third kappa shape index (κ3) is 6.47. The fraction of sp³-hybridized carbons (Fsp3) is 0.625. The quantitative estimate of drug-likeness (QED) is 0.694. The summed E-state index contributed by atoms with van der Waals surface area (Å²) < 4.78 is 5.39. The Bertz CT molecular complexity index is 453. The van der Waals surface area contributed by atoms with E-state index in [1.54, 1.807) is 6.07 Å². The molecule has 21 heavy (non-hydrogen) atoms. The Labute approximate surface area is 125 Å². The second-order valence-electron chi connectivity index (χ2n) is 5.25. The van der Waals surface area contributed by atoms with Crippen LogP contribution in [-0.2, 0) is 11.2 Å². The van der Waals surface area contributed by atoms with Crippen molar-refractivity contribution in [2.45, 2.75) is 52.4 Å². The largest absolute Gasteiger partial charge is 0.481 e. The maximum absolute atomic E-state index is 11.9. The van der Waals surface area contributed by atoms with Gasteiger partial charge in [-0.15, -0.1) is 0 Å². The fourth-order valence-electron chi connectivity index (χ4n) is 2.34. The van der Waals surface area contributed by atoms with Gasteiger partial charge in [-0.2, -0.15) is 0 Å². The Kier molecular flexibility index (Phi) is 7.58. The number of carboxylic acid groups (broad SMARTS) is 1. The third-order valence-corrected chi connectivity index (χ3v) is 3.54. The molecule has 2 N–H and O–H groups in total. The first kappa shape index (κ1) is 17.3. The molecule has 0 saturated heterocycles. The van der Waals surface area contributed by atoms with E-state index in [9.17, 15) is 9.59 Å². The summed E-state index contributed by atoms with van der Waals surface area (Å²) in [6, 6.07) is 3.49. The van der Waals surface area contributed by atoms with Crippen LogP contribution in [0.25, 0.3) is 0 Å². The molecule has 0 bridgehead atoms. The van der Waals surface area contributed by atoms with E-state index in [0.717, 1.165) is 31.4 Å². The summed E-state index contributed by atoms with van der Waals surface area (Å²) in [6.45, 7) is 4.60. The van der Waals surface area contributed by atoms with Crippen molar-refractivity contribution in [1.29, 1.82) is 0 Å². The van der Waals surface area contributed by atoms with Gasteiger partial charge in [0.1, 0.15) is 5.76 Å². The van der Waals surface area contributed by atoms with Crippen LogP contribution >= 0.6 is 0 Å². The van der Waals surface area contributed by atoms with Crippen molar-refractivity contribution in [2.75, 3.05) is 6.54 Å². The molecule has 1 amide bonds. The van der Waals surface area contributed by atoms with Gasteiger partial charge >= 0.3 is 5.97 Å². The van der Waals surface area contributed by atoms with Gasteiger partial charge in [-0.05, 0) is 30.9 Å². The van der Waals surface area contributed by atoms with Crippen LogP contribution in [0.1, 0.15) is 62.3 Å². The monoisotopic (exact) mass is 295 g/mol. The standard InChI is InChI=1S/C16H25NO4/c1-3-5-12(6-9-15(18)19)10-11-17-16(20)14-8-7-13(4-2)21-14/h7-8,12H,3-6,9-11H2,1-2H3,(H,17,20)(H,18,19). The van der Waals surface area contributed by atoms with Crippen LogP contribution in [-0.4, -0.2) is 23.5 Å². The van der Waals surface area contributed by atoms with Crippen LogP contribution in [0.4, 0.5) is 0 Å². The summed E-state index contributed by atoms with van der Waals surface area (Å²) >= 11 is 0. The molecule has 1 rings (SSSR count). The van der Waals surface area contributed by atoms with E-state index in [4.69, 9.17) is 9.52 Å². The van der Waals surface area contributed by atoms with Crippen LogP contribution in [0.5, 0.6) is 0 Å². The molecule has 1 atom stereocenters. The second-order valence-corrected chi connectivity index (χ2v) is 5.25. The normalized spacial score (nSPS) is 12.1. The van der Waals surface area contributed by atoms with E-state index >= 15 is 0 Å². The number of carbonyl (C=O) groups is 2. The first-order valence-electron chi connectivity index (χ1n) is 7.65. The lowest BCUT2D eigenvalue weighted by molar-refractivity contribution is -0.137. The number of furan rings is 1. The number of hydrogen-bond donors (Lipinski definition) is 2. The maximum Gasteiger partial charge on any atom is 0.303 e. The van der Waals surface area contributed by atoms with Crippen molar-refractivity contribution in [2.24, 2.45) is 5.92 Å². The van der Waals surface area contributed by atoms with Crippen molar-refractivity contribution < 1.29 is 19.1 Å². The minimum absolute atomic E-state index is 0.191. The van der Waals surface area contributed by atoms with Gasteiger partial charge in [0.25, 0.3) is 5.91 Å². The van der Waals surface area contributed by atoms with Crippen molar-refractivity contribution in [3.05, 3.63) is 23.7 Å². The molecule has 0 aliphatic heterocycles. The molecule has 0 spiro atoms. The summed E-state index contributed by atoms with van der Waals surface area (Å²) in [5.74, 6) is 0.509. The predicted molar refractivity (Wildman–Crippen MR) is 80.3 cm³/mol. The molecule has 0 aliphatic carbocycles. The molecule has 5 nitrogen and oxygen atoms in total. The van der Waals surface area contributed by atoms with Gasteiger partial charge in [-0.25, -0.2) is 0 Å². The number of amides is 1. The van der Waals surface area contributed by atoms with E-state index in [-0.39, 0.29) is 12.3 Å². The minimum Gasteiger partial charge on any atom is -0.481 e. The Balaban J connectivity index is 2.34. The fourth-order valence-corrected chi connectivity index (χ4v) is 2.34. The van der Waals surface area contributed by atoms with Gasteiger partial charge in [0, 0.05) is 19.4 Å². The van der Waals surface area contributed by atoms with E-state index < -0.39 is 5.97 Å². The number of carbonyl (C=O) groups excluding carboxylic acids is 1. The van der Waals surface area contributed by atoms with Crippen LogP contribution in [0, 0.1) is 5.92 Å². The molecule has 1 unspecified atom stereocenters. The highest BCUT2D eigenvalue weighted by Crippen LogP contribution is 2.17. The number of nitrogens with one attached hydrogen (secondary N) is 1. The Hall–Kier alpha value is -1.78. The number of hydrogen-bond acceptors (Lipinski definition) is 3. The molecule has 0 aliphatic rings. The molecule has 0 radical (unpaired) electrons. The van der Waals surface area contributed by atoms with Crippen molar-refractivity contribution in [3.8, 4) is 0 Å². The van der Waals surface area contributed by atoms with Crippen molar-refractivity contribution in [1.82, 2.24) is 5.32 Å². The first-order valence-corrected chi connectivity index (χ1v) is 7.65. The minimum atomic E-state index is -0.761. The molecule has 1 aromatic rings. The Morgan fingerprint density at radius 2 is 2.00 bits per heavy atom. The van der Waals surface area contributed by atoms with Gasteiger partial charge in [-0.3, -0.25) is 9.59 Å². The Morgan fingerprint density at radius 1 is 1.24 bits per heavy atom. The van der Waals surface area contributed by atoms with E-state index in [0.29, 0.717) is 24.6 Å². The van der Waals surface area contributed by atoms with Crippen LogP contribution in [0.15, 0.2) is 16.5 Å². The zero-order valence-corrected chi connectivity index (χ0v) is 12.9. The zero-order valence-electron chi connectivity index (χ0n) is 12.9. The van der Waals surface area contributed by atoms with Crippen molar-refractivity contribution >= 4 is 11.9 Å². The number of aliphatic carboxylic acids is 1. The molecular weight excluding hydrogens is 270 g/mol. The second kappa shape index (κ2) is 9.21. The molecule has 1 heterocycles. The summed E-state index contributed by atoms with van der Waals surface area (Å²) in [4.78, 5) is 22.5. The highest BCUT2D eigenvalue weighted by Gasteiger charge is 2.13. The van der Waals surface area contributed by atoms with E-state index in [2.05, 4.69) is 12.2 Å². The molecule has 0 saturated carbocycles. The van der Waals surface area contributed by atoms with Gasteiger partial charge < -0.3 is 14.8 Å². The average molecular weight is 295 g/mol. The molecular formula is C16H25NO4. The summed E-state index contributed by atoms with van der Waals surface area (Å²) in [5, 5.41) is 11.6. The topological polar surface area (TPSA) is 79.5 Å². The van der Waals surface area contributed by atoms with Crippen molar-refractivity contribution in [3.63, 3.8) is 0 Å². The smallest absolute Gasteiger partial charge is 0.303 e. The predicted octanol–water partition coefficient (Wildman–Crippen LogP) is 3.24. The van der Waals surface area contributed by atoms with E-state index in [1.165, 1.54) is 0 Å². The average Bonchev–Trinajstić information content (AvgIpc) is 2.93. The van der Waals surface area contributed by atoms with Gasteiger partial charge in [-0.1, -0.05) is 26.7 Å². The summed E-state index contributed by atoms with van der Waals surface area (Å²) in [6.07, 6.45) is 4.44. The van der Waals surface area contributed by atoms with Crippen LogP contribution < -0.4 is 5.32 Å².